The Morgan fingerprint density at radius 2 is 1.94 bits per heavy atom. The summed E-state index contributed by atoms with van der Waals surface area (Å²) in [4.78, 5) is 0. The van der Waals surface area contributed by atoms with Gasteiger partial charge in [-0.25, -0.2) is 0 Å². The molecular weight excluding hydrogens is 217 g/mol. The summed E-state index contributed by atoms with van der Waals surface area (Å²) in [5.41, 5.74) is 1.13. The highest BCUT2D eigenvalue weighted by Gasteiger charge is 2.15. The van der Waals surface area contributed by atoms with Crippen molar-refractivity contribution in [3.8, 4) is 0 Å². The number of alkyl halides is 1. The lowest BCUT2D eigenvalue weighted by Crippen LogP contribution is -2.23. The highest BCUT2D eigenvalue weighted by atomic mass is 19.1. The van der Waals surface area contributed by atoms with Crippen LogP contribution in [-0.2, 0) is 0 Å². The van der Waals surface area contributed by atoms with Crippen molar-refractivity contribution in [3.05, 3.63) is 60.1 Å². The van der Waals surface area contributed by atoms with Gasteiger partial charge < -0.3 is 9.73 Å². The van der Waals surface area contributed by atoms with Crippen LogP contribution in [0.4, 0.5) is 4.39 Å². The van der Waals surface area contributed by atoms with Crippen LogP contribution < -0.4 is 5.32 Å². The minimum atomic E-state index is -0.299. The highest BCUT2D eigenvalue weighted by molar-refractivity contribution is 5.26. The van der Waals surface area contributed by atoms with Crippen molar-refractivity contribution in [1.29, 1.82) is 0 Å². The average molecular weight is 233 g/mol. The number of hydrogen-bond acceptors (Lipinski definition) is 2. The fourth-order valence-electron chi connectivity index (χ4n) is 1.80. The molecular formula is C14H16FNO. The van der Waals surface area contributed by atoms with Crippen molar-refractivity contribution in [2.45, 2.75) is 12.5 Å². The Kier molecular flexibility index (Phi) is 4.33. The van der Waals surface area contributed by atoms with Gasteiger partial charge in [-0.15, -0.1) is 0 Å². The summed E-state index contributed by atoms with van der Waals surface area (Å²) in [5.74, 6) is 0.857. The molecule has 0 aliphatic rings. The van der Waals surface area contributed by atoms with Gasteiger partial charge in [-0.3, -0.25) is 4.39 Å². The Hall–Kier alpha value is -1.61. The largest absolute Gasteiger partial charge is 0.467 e. The molecule has 1 atom stereocenters. The second-order valence-corrected chi connectivity index (χ2v) is 3.86. The summed E-state index contributed by atoms with van der Waals surface area (Å²) < 4.78 is 17.5. The van der Waals surface area contributed by atoms with E-state index in [-0.39, 0.29) is 12.7 Å². The van der Waals surface area contributed by atoms with E-state index < -0.39 is 0 Å². The van der Waals surface area contributed by atoms with Crippen LogP contribution in [0.5, 0.6) is 0 Å². The van der Waals surface area contributed by atoms with E-state index in [0.717, 1.165) is 11.3 Å². The third-order valence-electron chi connectivity index (χ3n) is 2.62. The van der Waals surface area contributed by atoms with Gasteiger partial charge in [-0.2, -0.15) is 0 Å². The maximum atomic E-state index is 12.1. The number of furan rings is 1. The molecule has 1 aromatic carbocycles. The van der Waals surface area contributed by atoms with E-state index >= 15 is 0 Å². The van der Waals surface area contributed by atoms with E-state index in [1.54, 1.807) is 6.26 Å². The van der Waals surface area contributed by atoms with Gasteiger partial charge in [0.25, 0.3) is 0 Å². The Morgan fingerprint density at radius 3 is 2.59 bits per heavy atom. The monoisotopic (exact) mass is 233 g/mol. The predicted octanol–water partition coefficient (Wildman–Crippen LogP) is 3.32. The highest BCUT2D eigenvalue weighted by Crippen LogP contribution is 2.22. The van der Waals surface area contributed by atoms with Crippen LogP contribution in [0, 0.1) is 0 Å². The van der Waals surface area contributed by atoms with E-state index in [9.17, 15) is 4.39 Å². The van der Waals surface area contributed by atoms with E-state index in [1.165, 1.54) is 0 Å². The van der Waals surface area contributed by atoms with Crippen molar-refractivity contribution in [3.63, 3.8) is 0 Å². The van der Waals surface area contributed by atoms with Crippen molar-refractivity contribution in [2.75, 3.05) is 13.2 Å². The first-order valence-electron chi connectivity index (χ1n) is 5.79. The molecule has 0 amide bonds. The van der Waals surface area contributed by atoms with Crippen molar-refractivity contribution in [2.24, 2.45) is 0 Å². The molecule has 3 heteroatoms. The maximum Gasteiger partial charge on any atom is 0.125 e. The Balaban J connectivity index is 2.13. The first kappa shape index (κ1) is 11.9. The van der Waals surface area contributed by atoms with Crippen molar-refractivity contribution < 1.29 is 8.81 Å². The fraction of sp³-hybridized carbons (Fsp3) is 0.286. The van der Waals surface area contributed by atoms with E-state index in [4.69, 9.17) is 4.42 Å². The number of hydrogen-bond donors (Lipinski definition) is 1. The normalized spacial score (nSPS) is 12.5. The minimum Gasteiger partial charge on any atom is -0.467 e. The molecule has 0 aliphatic carbocycles. The van der Waals surface area contributed by atoms with Gasteiger partial charge in [0.05, 0.1) is 19.0 Å². The zero-order valence-electron chi connectivity index (χ0n) is 9.60. The standard InChI is InChI=1S/C14H16FNO/c15-9-5-10-16-14(13-8-4-11-17-13)12-6-2-1-3-7-12/h1-4,6-8,11,14,16H,5,9-10H2. The smallest absolute Gasteiger partial charge is 0.125 e. The van der Waals surface area contributed by atoms with Crippen LogP contribution in [0.1, 0.15) is 23.8 Å². The van der Waals surface area contributed by atoms with Gasteiger partial charge in [0.1, 0.15) is 5.76 Å². The lowest BCUT2D eigenvalue weighted by atomic mass is 10.0. The van der Waals surface area contributed by atoms with Gasteiger partial charge in [0, 0.05) is 0 Å². The molecule has 1 N–H and O–H groups in total. The third-order valence-corrected chi connectivity index (χ3v) is 2.62. The summed E-state index contributed by atoms with van der Waals surface area (Å²) in [5, 5.41) is 3.31. The maximum absolute atomic E-state index is 12.1. The van der Waals surface area contributed by atoms with Crippen molar-refractivity contribution >= 4 is 0 Å². The van der Waals surface area contributed by atoms with E-state index in [1.807, 2.05) is 42.5 Å². The molecule has 2 rings (SSSR count). The molecule has 1 unspecified atom stereocenters. The lowest BCUT2D eigenvalue weighted by Gasteiger charge is -2.16. The molecule has 0 spiro atoms. The van der Waals surface area contributed by atoms with Gasteiger partial charge in [-0.1, -0.05) is 30.3 Å². The van der Waals surface area contributed by atoms with Crippen molar-refractivity contribution in [1.82, 2.24) is 5.32 Å². The number of halogens is 1. The van der Waals surface area contributed by atoms with Crippen LogP contribution in [0.3, 0.4) is 0 Å². The SMILES string of the molecule is FCCCNC(c1ccccc1)c1ccco1. The Labute approximate surface area is 100 Å². The summed E-state index contributed by atoms with van der Waals surface area (Å²) in [6, 6.07) is 13.8. The Bertz CT molecular complexity index is 413. The molecule has 2 nitrogen and oxygen atoms in total. The van der Waals surface area contributed by atoms with E-state index in [2.05, 4.69) is 5.32 Å². The molecule has 1 heterocycles. The summed E-state index contributed by atoms with van der Waals surface area (Å²) in [6.07, 6.45) is 2.17. The molecule has 0 bridgehead atoms. The number of rotatable bonds is 6. The first-order chi connectivity index (χ1) is 8.42. The zero-order chi connectivity index (χ0) is 11.9. The summed E-state index contributed by atoms with van der Waals surface area (Å²) in [6.45, 7) is 0.337. The van der Waals surface area contributed by atoms with Gasteiger partial charge in [0.15, 0.2) is 0 Å². The molecule has 0 saturated heterocycles. The average Bonchev–Trinajstić information content (AvgIpc) is 2.89. The second-order valence-electron chi connectivity index (χ2n) is 3.86. The van der Waals surface area contributed by atoms with Crippen LogP contribution in [0.15, 0.2) is 53.1 Å². The zero-order valence-corrected chi connectivity index (χ0v) is 9.60. The second kappa shape index (κ2) is 6.21. The molecule has 0 fully saturated rings. The number of nitrogens with one attached hydrogen (secondary N) is 1. The first-order valence-corrected chi connectivity index (χ1v) is 5.79. The predicted molar refractivity (Wildman–Crippen MR) is 65.6 cm³/mol. The molecule has 90 valence electrons. The molecule has 1 aromatic heterocycles. The fourth-order valence-corrected chi connectivity index (χ4v) is 1.80. The molecule has 0 saturated carbocycles. The summed E-state index contributed by atoms with van der Waals surface area (Å²) >= 11 is 0. The molecule has 0 radical (unpaired) electrons. The van der Waals surface area contributed by atoms with Gasteiger partial charge >= 0.3 is 0 Å². The third kappa shape index (κ3) is 3.17. The Morgan fingerprint density at radius 1 is 1.12 bits per heavy atom. The molecule has 17 heavy (non-hydrogen) atoms. The topological polar surface area (TPSA) is 25.2 Å². The van der Waals surface area contributed by atoms with Crippen LogP contribution in [0.2, 0.25) is 0 Å². The quantitative estimate of drug-likeness (QED) is 0.774. The van der Waals surface area contributed by atoms with Crippen LogP contribution in [-0.4, -0.2) is 13.2 Å². The molecule has 2 aromatic rings. The van der Waals surface area contributed by atoms with Crippen LogP contribution in [0.25, 0.3) is 0 Å². The van der Waals surface area contributed by atoms with Gasteiger partial charge in [0.2, 0.25) is 0 Å². The lowest BCUT2D eigenvalue weighted by molar-refractivity contribution is 0.418. The van der Waals surface area contributed by atoms with Crippen LogP contribution >= 0.6 is 0 Å². The van der Waals surface area contributed by atoms with E-state index in [0.29, 0.717) is 13.0 Å². The summed E-state index contributed by atoms with van der Waals surface area (Å²) in [7, 11) is 0. The minimum absolute atomic E-state index is 0.00208. The van der Waals surface area contributed by atoms with Gasteiger partial charge in [-0.05, 0) is 30.7 Å². The molecule has 0 aliphatic heterocycles. The number of benzene rings is 1.